The molecule has 0 bridgehead atoms. The maximum atomic E-state index is 11.9. The third kappa shape index (κ3) is 4.95. The zero-order valence-corrected chi connectivity index (χ0v) is 14.8. The average Bonchev–Trinajstić information content (AvgIpc) is 2.54. The molecule has 0 aromatic heterocycles. The Bertz CT molecular complexity index is 912. The Kier molecular flexibility index (Phi) is 5.67. The lowest BCUT2D eigenvalue weighted by molar-refractivity contribution is 0.0976. The number of methoxy groups -OCH3 is 1. The second-order valence-corrected chi connectivity index (χ2v) is 7.50. The molecule has 25 heavy (non-hydrogen) atoms. The van der Waals surface area contributed by atoms with Gasteiger partial charge in [0.1, 0.15) is 5.75 Å². The largest absolute Gasteiger partial charge is 0.497 e. The summed E-state index contributed by atoms with van der Waals surface area (Å²) in [5.41, 5.74) is 5.13. The first kappa shape index (κ1) is 18.8. The lowest BCUT2D eigenvalue weighted by Gasteiger charge is -2.10. The molecular formula is C15H16N4O4S2. The quantitative estimate of drug-likeness (QED) is 0.451. The summed E-state index contributed by atoms with van der Waals surface area (Å²) in [5.74, 6) is -0.565. The number of hydrogen-bond acceptors (Lipinski definition) is 6. The summed E-state index contributed by atoms with van der Waals surface area (Å²) in [4.78, 5) is 12.8. The molecule has 10 heteroatoms. The molecule has 2 aromatic carbocycles. The summed E-state index contributed by atoms with van der Waals surface area (Å²) in [5, 5.41) is 14.4. The molecule has 0 aliphatic heterocycles. The molecule has 0 unspecified atom stereocenters. The first-order chi connectivity index (χ1) is 11.7. The lowest BCUT2D eigenvalue weighted by Crippen LogP contribution is -2.35. The van der Waals surface area contributed by atoms with Gasteiger partial charge in [0.15, 0.2) is 5.96 Å². The number of rotatable bonds is 5. The number of nitrogens with two attached hydrogens (primary N) is 2. The van der Waals surface area contributed by atoms with Crippen LogP contribution in [0.1, 0.15) is 10.4 Å². The molecule has 1 amide bonds. The number of primary sulfonamides is 1. The Balaban J connectivity index is 2.40. The van der Waals surface area contributed by atoms with Gasteiger partial charge in [0.2, 0.25) is 10.0 Å². The van der Waals surface area contributed by atoms with Crippen LogP contribution in [0, 0.1) is 5.41 Å². The van der Waals surface area contributed by atoms with Crippen LogP contribution in [0.2, 0.25) is 0 Å². The zero-order chi connectivity index (χ0) is 18.6. The first-order valence-corrected chi connectivity index (χ1v) is 9.21. The van der Waals surface area contributed by atoms with Crippen LogP contribution < -0.4 is 20.9 Å². The van der Waals surface area contributed by atoms with Crippen LogP contribution in [0.15, 0.2) is 57.2 Å². The van der Waals surface area contributed by atoms with E-state index in [4.69, 9.17) is 21.0 Å². The molecule has 132 valence electrons. The second-order valence-electron chi connectivity index (χ2n) is 4.85. The van der Waals surface area contributed by atoms with Gasteiger partial charge in [-0.3, -0.25) is 15.5 Å². The highest BCUT2D eigenvalue weighted by Crippen LogP contribution is 2.33. The van der Waals surface area contributed by atoms with E-state index in [2.05, 4.69) is 5.32 Å². The molecule has 0 heterocycles. The number of carbonyl (C=O) groups is 1. The van der Waals surface area contributed by atoms with Gasteiger partial charge in [-0.25, -0.2) is 13.6 Å². The van der Waals surface area contributed by atoms with E-state index < -0.39 is 21.9 Å². The molecule has 6 N–H and O–H groups in total. The van der Waals surface area contributed by atoms with Crippen molar-refractivity contribution in [2.45, 2.75) is 14.7 Å². The molecule has 8 nitrogen and oxygen atoms in total. The summed E-state index contributed by atoms with van der Waals surface area (Å²) in [7, 11) is -2.51. The van der Waals surface area contributed by atoms with Crippen LogP contribution in [-0.4, -0.2) is 27.4 Å². The highest BCUT2D eigenvalue weighted by atomic mass is 32.2. The second kappa shape index (κ2) is 7.55. The Morgan fingerprint density at radius 1 is 1.20 bits per heavy atom. The van der Waals surface area contributed by atoms with Crippen LogP contribution >= 0.6 is 11.8 Å². The van der Waals surface area contributed by atoms with Gasteiger partial charge in [-0.15, -0.1) is 0 Å². The van der Waals surface area contributed by atoms with Gasteiger partial charge in [0, 0.05) is 15.4 Å². The number of hydrogen-bond donors (Lipinski definition) is 4. The third-order valence-electron chi connectivity index (χ3n) is 3.05. The molecule has 0 radical (unpaired) electrons. The minimum absolute atomic E-state index is 0.0262. The predicted octanol–water partition coefficient (Wildman–Crippen LogP) is 1.12. The molecule has 0 aliphatic carbocycles. The molecule has 0 aliphatic rings. The molecule has 0 spiro atoms. The van der Waals surface area contributed by atoms with Crippen molar-refractivity contribution >= 4 is 33.7 Å². The topological polar surface area (TPSA) is 148 Å². The summed E-state index contributed by atoms with van der Waals surface area (Å²) in [6.07, 6.45) is 0. The number of guanidine groups is 1. The SMILES string of the molecule is COc1ccc(Sc2ccc(C(=O)NC(=N)N)cc2S(N)(=O)=O)cc1. The van der Waals surface area contributed by atoms with Crippen molar-refractivity contribution in [2.75, 3.05) is 7.11 Å². The van der Waals surface area contributed by atoms with E-state index in [1.807, 2.05) is 0 Å². The summed E-state index contributed by atoms with van der Waals surface area (Å²) in [6.45, 7) is 0. The first-order valence-electron chi connectivity index (χ1n) is 6.85. The minimum Gasteiger partial charge on any atom is -0.497 e. The van der Waals surface area contributed by atoms with Gasteiger partial charge in [-0.2, -0.15) is 0 Å². The molecular weight excluding hydrogens is 364 g/mol. The molecule has 0 saturated carbocycles. The van der Waals surface area contributed by atoms with E-state index in [-0.39, 0.29) is 10.5 Å². The van der Waals surface area contributed by atoms with Crippen molar-refractivity contribution in [3.8, 4) is 5.75 Å². The predicted molar refractivity (Wildman–Crippen MR) is 94.3 cm³/mol. The molecule has 0 atom stereocenters. The van der Waals surface area contributed by atoms with Crippen molar-refractivity contribution < 1.29 is 17.9 Å². The maximum Gasteiger partial charge on any atom is 0.257 e. The van der Waals surface area contributed by atoms with E-state index in [1.54, 1.807) is 31.4 Å². The Labute approximate surface area is 149 Å². The zero-order valence-electron chi connectivity index (χ0n) is 13.1. The van der Waals surface area contributed by atoms with Crippen molar-refractivity contribution in [1.29, 1.82) is 5.41 Å². The van der Waals surface area contributed by atoms with Crippen molar-refractivity contribution in [2.24, 2.45) is 10.9 Å². The summed E-state index contributed by atoms with van der Waals surface area (Å²) >= 11 is 1.18. The van der Waals surface area contributed by atoms with E-state index in [0.29, 0.717) is 10.6 Å². The minimum atomic E-state index is -4.06. The standard InChI is InChI=1S/C15H16N4O4S2/c1-23-10-3-5-11(6-4-10)24-12-7-2-9(14(20)19-15(16)17)8-13(12)25(18,21)22/h2-8H,1H3,(H2,18,21,22)(H4,16,17,19,20). The number of benzene rings is 2. The molecule has 2 rings (SSSR count). The van der Waals surface area contributed by atoms with Crippen LogP contribution in [0.5, 0.6) is 5.75 Å². The lowest BCUT2D eigenvalue weighted by atomic mass is 10.2. The fourth-order valence-corrected chi connectivity index (χ4v) is 3.86. The Morgan fingerprint density at radius 2 is 1.84 bits per heavy atom. The fraction of sp³-hybridized carbons (Fsp3) is 0.0667. The maximum absolute atomic E-state index is 11.9. The number of sulfonamides is 1. The van der Waals surface area contributed by atoms with Gasteiger partial charge in [0.25, 0.3) is 5.91 Å². The van der Waals surface area contributed by atoms with Gasteiger partial charge in [-0.05, 0) is 42.5 Å². The van der Waals surface area contributed by atoms with E-state index >= 15 is 0 Å². The third-order valence-corrected chi connectivity index (χ3v) is 5.21. The monoisotopic (exact) mass is 380 g/mol. The van der Waals surface area contributed by atoms with E-state index in [0.717, 1.165) is 11.0 Å². The van der Waals surface area contributed by atoms with Crippen LogP contribution in [0.25, 0.3) is 0 Å². The number of amides is 1. The Morgan fingerprint density at radius 3 is 2.36 bits per heavy atom. The van der Waals surface area contributed by atoms with E-state index in [1.165, 1.54) is 23.9 Å². The smallest absolute Gasteiger partial charge is 0.257 e. The van der Waals surface area contributed by atoms with Gasteiger partial charge < -0.3 is 10.5 Å². The van der Waals surface area contributed by atoms with Crippen molar-refractivity contribution in [3.63, 3.8) is 0 Å². The van der Waals surface area contributed by atoms with E-state index in [9.17, 15) is 13.2 Å². The average molecular weight is 380 g/mol. The van der Waals surface area contributed by atoms with Crippen LogP contribution in [-0.2, 0) is 10.0 Å². The van der Waals surface area contributed by atoms with Gasteiger partial charge in [-0.1, -0.05) is 11.8 Å². The van der Waals surface area contributed by atoms with Crippen LogP contribution in [0.4, 0.5) is 0 Å². The van der Waals surface area contributed by atoms with Crippen molar-refractivity contribution in [3.05, 3.63) is 48.0 Å². The van der Waals surface area contributed by atoms with Crippen LogP contribution in [0.3, 0.4) is 0 Å². The fourth-order valence-electron chi connectivity index (χ4n) is 1.92. The molecule has 0 fully saturated rings. The summed E-state index contributed by atoms with van der Waals surface area (Å²) in [6, 6.07) is 11.1. The number of nitrogens with one attached hydrogen (secondary N) is 2. The molecule has 0 saturated heterocycles. The highest BCUT2D eigenvalue weighted by molar-refractivity contribution is 8.00. The van der Waals surface area contributed by atoms with Gasteiger partial charge >= 0.3 is 0 Å². The van der Waals surface area contributed by atoms with Gasteiger partial charge in [0.05, 0.1) is 12.0 Å². The molecule has 2 aromatic rings. The number of carbonyl (C=O) groups excluding carboxylic acids is 1. The highest BCUT2D eigenvalue weighted by Gasteiger charge is 2.18. The summed E-state index contributed by atoms with van der Waals surface area (Å²) < 4.78 is 28.8. The number of ether oxygens (including phenoxy) is 1. The normalized spacial score (nSPS) is 11.0. The van der Waals surface area contributed by atoms with Crippen molar-refractivity contribution in [1.82, 2.24) is 5.32 Å². The Hall–Kier alpha value is -2.56.